The van der Waals surface area contributed by atoms with Crippen LogP contribution in [0.4, 0.5) is 11.9 Å². The highest BCUT2D eigenvalue weighted by Crippen LogP contribution is 2.01. The lowest BCUT2D eigenvalue weighted by atomic mass is 10.2. The Hall–Kier alpha value is -1.39. The van der Waals surface area contributed by atoms with Gasteiger partial charge in [-0.3, -0.25) is 0 Å². The number of hydrogen-bond acceptors (Lipinski definition) is 5. The van der Waals surface area contributed by atoms with Crippen LogP contribution in [0.3, 0.4) is 0 Å². The van der Waals surface area contributed by atoms with Crippen molar-refractivity contribution in [2.75, 3.05) is 17.6 Å². The van der Waals surface area contributed by atoms with Gasteiger partial charge in [-0.05, 0) is 6.42 Å². The molecule has 0 aliphatic heterocycles. The Kier molecular flexibility index (Phi) is 4.68. The number of hydrogen-bond donors (Lipinski definition) is 2. The molecule has 0 unspecified atom stereocenters. The fourth-order valence-electron chi connectivity index (χ4n) is 1.15. The molecule has 0 atom stereocenters. The third kappa shape index (κ3) is 4.02. The molecule has 0 bridgehead atoms. The molecule has 5 heteroatoms. The standard InChI is InChI=1S/C9H17N5/c1-2-3-4-5-6-11-9-13-7-12-8(10)14-9/h7H,2-6H2,1H3,(H3,10,11,12,13,14). The molecule has 0 saturated carbocycles. The molecule has 1 rings (SSSR count). The Morgan fingerprint density at radius 3 is 2.86 bits per heavy atom. The summed E-state index contributed by atoms with van der Waals surface area (Å²) in [7, 11) is 0. The van der Waals surface area contributed by atoms with Gasteiger partial charge in [0.2, 0.25) is 11.9 Å². The maximum atomic E-state index is 5.41. The summed E-state index contributed by atoms with van der Waals surface area (Å²) >= 11 is 0. The lowest BCUT2D eigenvalue weighted by Gasteiger charge is -2.03. The van der Waals surface area contributed by atoms with Gasteiger partial charge in [-0.1, -0.05) is 26.2 Å². The highest BCUT2D eigenvalue weighted by Gasteiger charge is 1.95. The number of rotatable bonds is 6. The minimum Gasteiger partial charge on any atom is -0.368 e. The summed E-state index contributed by atoms with van der Waals surface area (Å²) < 4.78 is 0. The topological polar surface area (TPSA) is 76.7 Å². The van der Waals surface area contributed by atoms with Crippen LogP contribution >= 0.6 is 0 Å². The van der Waals surface area contributed by atoms with Crippen LogP contribution in [0.5, 0.6) is 0 Å². The first-order valence-electron chi connectivity index (χ1n) is 5.01. The van der Waals surface area contributed by atoms with E-state index in [0.717, 1.165) is 13.0 Å². The zero-order valence-electron chi connectivity index (χ0n) is 8.53. The van der Waals surface area contributed by atoms with Gasteiger partial charge >= 0.3 is 0 Å². The van der Waals surface area contributed by atoms with Crippen molar-refractivity contribution in [1.82, 2.24) is 15.0 Å². The van der Waals surface area contributed by atoms with Crippen LogP contribution in [0.15, 0.2) is 6.33 Å². The molecule has 1 heterocycles. The summed E-state index contributed by atoms with van der Waals surface area (Å²) in [6.45, 7) is 3.09. The monoisotopic (exact) mass is 195 g/mol. The Balaban J connectivity index is 2.18. The van der Waals surface area contributed by atoms with Crippen LogP contribution in [0.25, 0.3) is 0 Å². The third-order valence-electron chi connectivity index (χ3n) is 1.90. The first kappa shape index (κ1) is 10.7. The Morgan fingerprint density at radius 1 is 1.29 bits per heavy atom. The molecule has 5 nitrogen and oxygen atoms in total. The Bertz CT molecular complexity index is 263. The number of anilines is 2. The van der Waals surface area contributed by atoms with Crippen molar-refractivity contribution in [3.05, 3.63) is 6.33 Å². The fourth-order valence-corrected chi connectivity index (χ4v) is 1.15. The van der Waals surface area contributed by atoms with Crippen LogP contribution in [0.1, 0.15) is 32.6 Å². The fraction of sp³-hybridized carbons (Fsp3) is 0.667. The molecule has 1 aromatic heterocycles. The zero-order chi connectivity index (χ0) is 10.2. The van der Waals surface area contributed by atoms with Crippen LogP contribution in [0.2, 0.25) is 0 Å². The summed E-state index contributed by atoms with van der Waals surface area (Å²) in [6, 6.07) is 0. The summed E-state index contributed by atoms with van der Waals surface area (Å²) in [6.07, 6.45) is 6.32. The number of aromatic nitrogens is 3. The van der Waals surface area contributed by atoms with Crippen LogP contribution in [0, 0.1) is 0 Å². The first-order valence-corrected chi connectivity index (χ1v) is 5.01. The Labute approximate surface area is 84.2 Å². The van der Waals surface area contributed by atoms with Crippen molar-refractivity contribution in [1.29, 1.82) is 0 Å². The van der Waals surface area contributed by atoms with E-state index >= 15 is 0 Å². The summed E-state index contributed by atoms with van der Waals surface area (Å²) in [5.74, 6) is 0.824. The van der Waals surface area contributed by atoms with Gasteiger partial charge in [0.1, 0.15) is 6.33 Å². The van der Waals surface area contributed by atoms with Crippen molar-refractivity contribution in [3.63, 3.8) is 0 Å². The van der Waals surface area contributed by atoms with Gasteiger partial charge in [0, 0.05) is 6.54 Å². The minimum absolute atomic E-state index is 0.260. The molecule has 14 heavy (non-hydrogen) atoms. The molecule has 0 aromatic carbocycles. The molecule has 0 fully saturated rings. The lowest BCUT2D eigenvalue weighted by Crippen LogP contribution is -2.07. The second-order valence-corrected chi connectivity index (χ2v) is 3.15. The Morgan fingerprint density at radius 2 is 2.14 bits per heavy atom. The van der Waals surface area contributed by atoms with Gasteiger partial charge in [0.15, 0.2) is 0 Å². The molecular formula is C9H17N5. The average molecular weight is 195 g/mol. The highest BCUT2D eigenvalue weighted by atomic mass is 15.2. The molecule has 1 aromatic rings. The van der Waals surface area contributed by atoms with E-state index in [1.54, 1.807) is 0 Å². The quantitative estimate of drug-likeness (QED) is 0.672. The van der Waals surface area contributed by atoms with Crippen molar-refractivity contribution in [3.8, 4) is 0 Å². The highest BCUT2D eigenvalue weighted by molar-refractivity contribution is 5.28. The average Bonchev–Trinajstić information content (AvgIpc) is 2.18. The SMILES string of the molecule is CCCCCCNc1ncnc(N)n1. The molecule has 0 amide bonds. The number of nitrogens with zero attached hydrogens (tertiary/aromatic N) is 3. The summed E-state index contributed by atoms with van der Waals surface area (Å²) in [4.78, 5) is 11.6. The normalized spacial score (nSPS) is 10.1. The van der Waals surface area contributed by atoms with Crippen molar-refractivity contribution in [2.24, 2.45) is 0 Å². The van der Waals surface area contributed by atoms with Crippen LogP contribution in [-0.4, -0.2) is 21.5 Å². The molecule has 0 saturated heterocycles. The molecule has 0 radical (unpaired) electrons. The summed E-state index contributed by atoms with van der Waals surface area (Å²) in [5, 5.41) is 3.10. The van der Waals surface area contributed by atoms with Crippen LogP contribution in [-0.2, 0) is 0 Å². The number of nitrogen functional groups attached to an aromatic ring is 1. The van der Waals surface area contributed by atoms with E-state index in [1.165, 1.54) is 25.6 Å². The van der Waals surface area contributed by atoms with E-state index in [1.807, 2.05) is 0 Å². The van der Waals surface area contributed by atoms with Crippen molar-refractivity contribution >= 4 is 11.9 Å². The van der Waals surface area contributed by atoms with Crippen molar-refractivity contribution < 1.29 is 0 Å². The van der Waals surface area contributed by atoms with Crippen molar-refractivity contribution in [2.45, 2.75) is 32.6 Å². The van der Waals surface area contributed by atoms with Gasteiger partial charge in [0.25, 0.3) is 0 Å². The summed E-state index contributed by atoms with van der Waals surface area (Å²) in [5.41, 5.74) is 5.41. The first-order chi connectivity index (χ1) is 6.83. The lowest BCUT2D eigenvalue weighted by molar-refractivity contribution is 0.683. The largest absolute Gasteiger partial charge is 0.368 e. The maximum Gasteiger partial charge on any atom is 0.227 e. The van der Waals surface area contributed by atoms with Gasteiger partial charge < -0.3 is 11.1 Å². The second kappa shape index (κ2) is 6.12. The van der Waals surface area contributed by atoms with E-state index in [0.29, 0.717) is 5.95 Å². The smallest absolute Gasteiger partial charge is 0.227 e. The van der Waals surface area contributed by atoms with Crippen LogP contribution < -0.4 is 11.1 Å². The molecular weight excluding hydrogens is 178 g/mol. The molecule has 78 valence electrons. The van der Waals surface area contributed by atoms with E-state index in [2.05, 4.69) is 27.2 Å². The molecule has 0 aliphatic rings. The zero-order valence-corrected chi connectivity index (χ0v) is 8.53. The number of nitrogens with two attached hydrogens (primary N) is 1. The predicted molar refractivity (Wildman–Crippen MR) is 56.9 cm³/mol. The van der Waals surface area contributed by atoms with Gasteiger partial charge in [0.05, 0.1) is 0 Å². The molecule has 0 aliphatic carbocycles. The van der Waals surface area contributed by atoms with E-state index in [4.69, 9.17) is 5.73 Å². The van der Waals surface area contributed by atoms with Gasteiger partial charge in [-0.2, -0.15) is 4.98 Å². The van der Waals surface area contributed by atoms with Gasteiger partial charge in [-0.15, -0.1) is 0 Å². The van der Waals surface area contributed by atoms with Gasteiger partial charge in [-0.25, -0.2) is 9.97 Å². The minimum atomic E-state index is 0.260. The predicted octanol–water partition coefficient (Wildman–Crippen LogP) is 1.45. The number of nitrogens with one attached hydrogen (secondary N) is 1. The number of unbranched alkanes of at least 4 members (excludes halogenated alkanes) is 3. The second-order valence-electron chi connectivity index (χ2n) is 3.15. The molecule has 0 spiro atoms. The van der Waals surface area contributed by atoms with E-state index < -0.39 is 0 Å². The van der Waals surface area contributed by atoms with E-state index in [-0.39, 0.29) is 5.95 Å². The van der Waals surface area contributed by atoms with E-state index in [9.17, 15) is 0 Å². The maximum absolute atomic E-state index is 5.41. The molecule has 3 N–H and O–H groups in total. The third-order valence-corrected chi connectivity index (χ3v) is 1.90.